The highest BCUT2D eigenvalue weighted by molar-refractivity contribution is 5.74. The van der Waals surface area contributed by atoms with Crippen molar-refractivity contribution < 1.29 is 24.1 Å². The molecule has 1 rings (SSSR count). The van der Waals surface area contributed by atoms with E-state index in [9.17, 15) is 4.79 Å². The van der Waals surface area contributed by atoms with Crippen LogP contribution in [0.15, 0.2) is 18.2 Å². The smallest absolute Gasteiger partial charge is 0.337 e. The molecule has 0 spiro atoms. The van der Waals surface area contributed by atoms with Gasteiger partial charge in [-0.3, -0.25) is 0 Å². The van der Waals surface area contributed by atoms with Crippen molar-refractivity contribution in [1.82, 2.24) is 0 Å². The summed E-state index contributed by atoms with van der Waals surface area (Å²) in [5.41, 5.74) is 0.525. The van der Waals surface area contributed by atoms with Crippen LogP contribution in [-0.4, -0.2) is 31.9 Å². The Labute approximate surface area is 99.9 Å². The minimum atomic E-state index is -1.03. The van der Waals surface area contributed by atoms with Crippen LogP contribution in [0.5, 0.6) is 11.5 Å². The number of carboxylic acid groups (broad SMARTS) is 1. The molecule has 94 valence electrons. The number of benzene rings is 1. The fraction of sp³-hybridized carbons (Fsp3) is 0.417. The third-order valence-corrected chi connectivity index (χ3v) is 2.27. The molecular weight excluding hydrogens is 224 g/mol. The molecule has 0 amide bonds. The second kappa shape index (κ2) is 6.10. The number of methoxy groups -OCH3 is 2. The quantitative estimate of drug-likeness (QED) is 0.822. The Morgan fingerprint density at radius 3 is 2.41 bits per heavy atom. The van der Waals surface area contributed by atoms with Crippen LogP contribution < -0.4 is 9.47 Å². The summed E-state index contributed by atoms with van der Waals surface area (Å²) in [6, 6.07) is 4.91. The molecule has 0 saturated carbocycles. The fourth-order valence-electron chi connectivity index (χ4n) is 1.49. The van der Waals surface area contributed by atoms with E-state index in [-0.39, 0.29) is 0 Å². The van der Waals surface area contributed by atoms with Crippen LogP contribution >= 0.6 is 0 Å². The second-order valence-electron chi connectivity index (χ2n) is 3.29. The van der Waals surface area contributed by atoms with Gasteiger partial charge in [-0.1, -0.05) is 6.07 Å². The predicted octanol–water partition coefficient (Wildman–Crippen LogP) is 1.87. The molecule has 0 aromatic heterocycles. The molecule has 0 aliphatic carbocycles. The van der Waals surface area contributed by atoms with E-state index >= 15 is 0 Å². The number of rotatable bonds is 6. The lowest BCUT2D eigenvalue weighted by atomic mass is 10.1. The Bertz CT molecular complexity index is 388. The van der Waals surface area contributed by atoms with E-state index in [1.54, 1.807) is 25.1 Å². The normalized spacial score (nSPS) is 11.9. The lowest BCUT2D eigenvalue weighted by molar-refractivity contribution is -0.150. The molecule has 0 saturated heterocycles. The van der Waals surface area contributed by atoms with Crippen molar-refractivity contribution in [2.75, 3.05) is 20.8 Å². The molecule has 0 aliphatic rings. The molecule has 5 nitrogen and oxygen atoms in total. The summed E-state index contributed by atoms with van der Waals surface area (Å²) in [7, 11) is 3.02. The summed E-state index contributed by atoms with van der Waals surface area (Å²) in [5.74, 6) is 0.00640. The SMILES string of the molecule is CCOC(C(=O)O)c1ccc(OC)c(OC)c1. The van der Waals surface area contributed by atoms with Crippen LogP contribution in [0.3, 0.4) is 0 Å². The molecule has 0 radical (unpaired) electrons. The van der Waals surface area contributed by atoms with E-state index < -0.39 is 12.1 Å². The number of carbonyl (C=O) groups is 1. The van der Waals surface area contributed by atoms with E-state index in [1.165, 1.54) is 14.2 Å². The summed E-state index contributed by atoms with van der Waals surface area (Å²) >= 11 is 0. The molecule has 0 bridgehead atoms. The van der Waals surface area contributed by atoms with E-state index in [4.69, 9.17) is 19.3 Å². The van der Waals surface area contributed by atoms with Crippen molar-refractivity contribution in [3.63, 3.8) is 0 Å². The zero-order valence-corrected chi connectivity index (χ0v) is 10.1. The summed E-state index contributed by atoms with van der Waals surface area (Å²) < 4.78 is 15.4. The summed E-state index contributed by atoms with van der Waals surface area (Å²) in [4.78, 5) is 11.0. The second-order valence-corrected chi connectivity index (χ2v) is 3.29. The zero-order chi connectivity index (χ0) is 12.8. The van der Waals surface area contributed by atoms with Crippen molar-refractivity contribution in [1.29, 1.82) is 0 Å². The third-order valence-electron chi connectivity index (χ3n) is 2.27. The molecule has 1 aromatic rings. The minimum absolute atomic E-state index is 0.325. The number of aliphatic carboxylic acids is 1. The lowest BCUT2D eigenvalue weighted by Crippen LogP contribution is -2.15. The maximum Gasteiger partial charge on any atom is 0.337 e. The highest BCUT2D eigenvalue weighted by Gasteiger charge is 2.21. The van der Waals surface area contributed by atoms with Gasteiger partial charge in [0, 0.05) is 6.61 Å². The molecule has 17 heavy (non-hydrogen) atoms. The van der Waals surface area contributed by atoms with Gasteiger partial charge in [0.1, 0.15) is 0 Å². The van der Waals surface area contributed by atoms with Gasteiger partial charge in [0.15, 0.2) is 17.6 Å². The Hall–Kier alpha value is -1.75. The molecule has 1 unspecified atom stereocenters. The van der Waals surface area contributed by atoms with Crippen molar-refractivity contribution in [2.24, 2.45) is 0 Å². The fourth-order valence-corrected chi connectivity index (χ4v) is 1.49. The van der Waals surface area contributed by atoms with Crippen LogP contribution in [0.4, 0.5) is 0 Å². The van der Waals surface area contributed by atoms with Gasteiger partial charge in [-0.05, 0) is 24.6 Å². The Kier molecular flexibility index (Phi) is 4.78. The van der Waals surface area contributed by atoms with Crippen molar-refractivity contribution in [3.05, 3.63) is 23.8 Å². The van der Waals surface area contributed by atoms with Crippen LogP contribution in [0.25, 0.3) is 0 Å². The largest absolute Gasteiger partial charge is 0.493 e. The molecule has 5 heteroatoms. The molecular formula is C12H16O5. The Morgan fingerprint density at radius 2 is 1.94 bits per heavy atom. The monoisotopic (exact) mass is 240 g/mol. The number of hydrogen-bond acceptors (Lipinski definition) is 4. The molecule has 1 atom stereocenters. The van der Waals surface area contributed by atoms with Crippen LogP contribution in [0.2, 0.25) is 0 Å². The maximum absolute atomic E-state index is 11.0. The van der Waals surface area contributed by atoms with Crippen molar-refractivity contribution in [2.45, 2.75) is 13.0 Å². The highest BCUT2D eigenvalue weighted by Crippen LogP contribution is 2.31. The van der Waals surface area contributed by atoms with Gasteiger partial charge in [-0.25, -0.2) is 4.79 Å². The third kappa shape index (κ3) is 3.10. The first-order valence-corrected chi connectivity index (χ1v) is 5.20. The molecule has 1 aromatic carbocycles. The maximum atomic E-state index is 11.0. The van der Waals surface area contributed by atoms with E-state index in [0.717, 1.165) is 0 Å². The first-order valence-electron chi connectivity index (χ1n) is 5.20. The summed E-state index contributed by atoms with van der Waals surface area (Å²) in [5, 5.41) is 9.05. The number of carboxylic acids is 1. The van der Waals surface area contributed by atoms with Gasteiger partial charge in [-0.15, -0.1) is 0 Å². The molecule has 1 N–H and O–H groups in total. The van der Waals surface area contributed by atoms with Gasteiger partial charge in [0.2, 0.25) is 0 Å². The van der Waals surface area contributed by atoms with Gasteiger partial charge >= 0.3 is 5.97 Å². The molecule has 0 aliphatic heterocycles. The number of hydrogen-bond donors (Lipinski definition) is 1. The topological polar surface area (TPSA) is 65.0 Å². The summed E-state index contributed by atoms with van der Waals surface area (Å²) in [6.07, 6.45) is -0.986. The van der Waals surface area contributed by atoms with E-state index in [0.29, 0.717) is 23.7 Å². The van der Waals surface area contributed by atoms with E-state index in [1.807, 2.05) is 0 Å². The Morgan fingerprint density at radius 1 is 1.29 bits per heavy atom. The van der Waals surface area contributed by atoms with Crippen LogP contribution in [0, 0.1) is 0 Å². The average molecular weight is 240 g/mol. The van der Waals surface area contributed by atoms with Crippen molar-refractivity contribution in [3.8, 4) is 11.5 Å². The van der Waals surface area contributed by atoms with Gasteiger partial charge in [0.05, 0.1) is 14.2 Å². The molecule has 0 heterocycles. The zero-order valence-electron chi connectivity index (χ0n) is 10.1. The Balaban J connectivity index is 3.08. The predicted molar refractivity (Wildman–Crippen MR) is 61.5 cm³/mol. The van der Waals surface area contributed by atoms with Crippen LogP contribution in [-0.2, 0) is 9.53 Å². The number of ether oxygens (including phenoxy) is 3. The first-order chi connectivity index (χ1) is 8.13. The van der Waals surface area contributed by atoms with Crippen molar-refractivity contribution >= 4 is 5.97 Å². The first kappa shape index (κ1) is 13.3. The summed E-state index contributed by atoms with van der Waals surface area (Å²) in [6.45, 7) is 2.07. The average Bonchev–Trinajstić information content (AvgIpc) is 2.34. The van der Waals surface area contributed by atoms with Crippen LogP contribution in [0.1, 0.15) is 18.6 Å². The van der Waals surface area contributed by atoms with Gasteiger partial charge < -0.3 is 19.3 Å². The standard InChI is InChI=1S/C12H16O5/c1-4-17-11(12(13)14)8-5-6-9(15-2)10(7-8)16-3/h5-7,11H,4H2,1-3H3,(H,13,14). The highest BCUT2D eigenvalue weighted by atomic mass is 16.5. The van der Waals surface area contributed by atoms with Gasteiger partial charge in [-0.2, -0.15) is 0 Å². The van der Waals surface area contributed by atoms with E-state index in [2.05, 4.69) is 0 Å². The molecule has 0 fully saturated rings. The van der Waals surface area contributed by atoms with Gasteiger partial charge in [0.25, 0.3) is 0 Å². The minimum Gasteiger partial charge on any atom is -0.493 e. The lowest BCUT2D eigenvalue weighted by Gasteiger charge is -2.15.